The number of phenols is 1. The van der Waals surface area contributed by atoms with Crippen LogP contribution in [0.5, 0.6) is 17.2 Å². The number of aliphatic hydroxyl groups excluding tert-OH is 1. The first-order chi connectivity index (χ1) is 21.4. The predicted octanol–water partition coefficient (Wildman–Crippen LogP) is 7.85. The summed E-state index contributed by atoms with van der Waals surface area (Å²) in [6.45, 7) is 21.7. The van der Waals surface area contributed by atoms with Crippen LogP contribution in [0.2, 0.25) is 51.4 Å². The summed E-state index contributed by atoms with van der Waals surface area (Å²) in [5.74, 6) is 1.23. The predicted molar refractivity (Wildman–Crippen MR) is 191 cm³/mol. The van der Waals surface area contributed by atoms with E-state index in [0.717, 1.165) is 54.2 Å². The van der Waals surface area contributed by atoms with Gasteiger partial charge in [-0.05, 0) is 85.9 Å². The zero-order valence-electron chi connectivity index (χ0n) is 29.0. The summed E-state index contributed by atoms with van der Waals surface area (Å²) < 4.78 is 23.7. The first kappa shape index (κ1) is 37.3. The largest absolute Gasteiger partial charge is 0.507 e. The number of hydrogen-bond acceptors (Lipinski definition) is 7. The highest BCUT2D eigenvalue weighted by Crippen LogP contribution is 2.36. The molecule has 0 aliphatic carbocycles. The second-order valence-electron chi connectivity index (χ2n) is 14.7. The minimum absolute atomic E-state index is 0.0735. The van der Waals surface area contributed by atoms with Gasteiger partial charge in [-0.25, -0.2) is 0 Å². The first-order valence-corrected chi connectivity index (χ1v) is 24.1. The summed E-state index contributed by atoms with van der Waals surface area (Å²) in [4.78, 5) is 2.47. The summed E-state index contributed by atoms with van der Waals surface area (Å²) in [5.41, 5.74) is 3.52. The molecule has 1 atom stereocenters. The lowest BCUT2D eigenvalue weighted by Crippen LogP contribution is -2.33. The van der Waals surface area contributed by atoms with E-state index < -0.39 is 16.1 Å². The van der Waals surface area contributed by atoms with E-state index in [2.05, 4.69) is 44.2 Å². The van der Waals surface area contributed by atoms with Crippen LogP contribution in [-0.4, -0.2) is 90.7 Å². The van der Waals surface area contributed by atoms with Gasteiger partial charge in [0.2, 0.25) is 0 Å². The average molecular weight is 658 g/mol. The molecule has 1 saturated heterocycles. The maximum Gasteiger partial charge on any atom is 0.189 e. The molecule has 7 nitrogen and oxygen atoms in total. The molecule has 2 N–H and O–H groups in total. The Labute approximate surface area is 274 Å². The van der Waals surface area contributed by atoms with Crippen molar-refractivity contribution in [2.75, 3.05) is 59.5 Å². The Bertz CT molecular complexity index is 1180. The highest BCUT2D eigenvalue weighted by Gasteiger charge is 2.22. The molecule has 2 aromatic carbocycles. The Balaban J connectivity index is 1.74. The first-order valence-electron chi connectivity index (χ1n) is 16.7. The van der Waals surface area contributed by atoms with E-state index >= 15 is 0 Å². The van der Waals surface area contributed by atoms with Crippen LogP contribution in [-0.2, 0) is 9.47 Å². The number of aromatic hydroxyl groups is 1. The lowest BCUT2D eigenvalue weighted by Gasteiger charge is -2.26. The molecule has 0 amide bonds. The lowest BCUT2D eigenvalue weighted by molar-refractivity contribution is 0.0219. The molecule has 0 radical (unpaired) electrons. The fourth-order valence-corrected chi connectivity index (χ4v) is 6.87. The van der Waals surface area contributed by atoms with Crippen molar-refractivity contribution in [1.29, 1.82) is 0 Å². The molecule has 0 saturated carbocycles. The summed E-state index contributed by atoms with van der Waals surface area (Å²) >= 11 is 0. The van der Waals surface area contributed by atoms with Crippen molar-refractivity contribution in [3.63, 3.8) is 0 Å². The van der Waals surface area contributed by atoms with E-state index in [1.54, 1.807) is 6.07 Å². The Morgan fingerprint density at radius 1 is 0.800 bits per heavy atom. The number of nitrogens with zero attached hydrogens (tertiary/aromatic N) is 1. The topological polar surface area (TPSA) is 80.6 Å². The summed E-state index contributed by atoms with van der Waals surface area (Å²) in [6.07, 6.45) is 3.88. The van der Waals surface area contributed by atoms with Gasteiger partial charge in [-0.1, -0.05) is 57.8 Å². The minimum Gasteiger partial charge on any atom is -0.507 e. The van der Waals surface area contributed by atoms with Crippen molar-refractivity contribution in [2.45, 2.75) is 83.5 Å². The van der Waals surface area contributed by atoms with Gasteiger partial charge < -0.3 is 29.2 Å². The van der Waals surface area contributed by atoms with Crippen molar-refractivity contribution in [3.05, 3.63) is 59.2 Å². The molecule has 9 heteroatoms. The molecule has 0 spiro atoms. The molecule has 0 bridgehead atoms. The number of benzene rings is 2. The molecule has 3 rings (SSSR count). The molecular formula is C36H59NO6Si2. The van der Waals surface area contributed by atoms with Crippen LogP contribution in [0.3, 0.4) is 0 Å². The molecule has 1 aliphatic rings. The van der Waals surface area contributed by atoms with Crippen LogP contribution in [0.1, 0.15) is 43.2 Å². The smallest absolute Gasteiger partial charge is 0.189 e. The standard InChI is InChI=1S/C36H59NO6Si2/c1-29(33-16-15-32(25-36(33)39)43-28-41-22-24-45(5,6)7)35(27-40-21-23-44(2,3)4)34(26-38)30-11-13-31(14-12-30)42-20-19-37-17-9-8-10-18-37/h11-16,25,34,38-39H,8-10,17-24,26-28H2,1-7H3. The van der Waals surface area contributed by atoms with Gasteiger partial charge in [-0.15, -0.1) is 0 Å². The van der Waals surface area contributed by atoms with E-state index in [-0.39, 0.29) is 25.1 Å². The quantitative estimate of drug-likeness (QED) is 0.0905. The maximum atomic E-state index is 11.1. The van der Waals surface area contributed by atoms with Gasteiger partial charge in [0.25, 0.3) is 0 Å². The fourth-order valence-electron chi connectivity index (χ4n) is 5.36. The number of aliphatic hydroxyl groups is 1. The van der Waals surface area contributed by atoms with Gasteiger partial charge in [-0.3, -0.25) is 4.90 Å². The zero-order chi connectivity index (χ0) is 32.9. The Kier molecular flexibility index (Phi) is 15.1. The van der Waals surface area contributed by atoms with Crippen LogP contribution in [0.15, 0.2) is 48.0 Å². The van der Waals surface area contributed by atoms with Gasteiger partial charge in [0.05, 0.1) is 13.2 Å². The number of piperidine rings is 1. The van der Waals surface area contributed by atoms with Gasteiger partial charge >= 0.3 is 0 Å². The Morgan fingerprint density at radius 2 is 1.42 bits per heavy atom. The third kappa shape index (κ3) is 13.6. The van der Waals surface area contributed by atoms with Crippen molar-refractivity contribution in [1.82, 2.24) is 4.90 Å². The lowest BCUT2D eigenvalue weighted by atomic mass is 9.86. The fraction of sp³-hybridized carbons (Fsp3) is 0.611. The zero-order valence-corrected chi connectivity index (χ0v) is 31.0. The number of ether oxygens (including phenoxy) is 4. The van der Waals surface area contributed by atoms with E-state index in [0.29, 0.717) is 37.7 Å². The molecule has 252 valence electrons. The molecule has 2 aromatic rings. The van der Waals surface area contributed by atoms with Gasteiger partial charge in [-0.2, -0.15) is 0 Å². The Hall–Kier alpha value is -2.15. The van der Waals surface area contributed by atoms with Crippen LogP contribution < -0.4 is 9.47 Å². The monoisotopic (exact) mass is 657 g/mol. The van der Waals surface area contributed by atoms with Crippen molar-refractivity contribution in [2.24, 2.45) is 0 Å². The normalized spacial score (nSPS) is 15.9. The minimum atomic E-state index is -1.26. The molecule has 1 aliphatic heterocycles. The van der Waals surface area contributed by atoms with Crippen molar-refractivity contribution in [3.8, 4) is 17.2 Å². The van der Waals surface area contributed by atoms with E-state index in [1.165, 1.54) is 19.3 Å². The highest BCUT2D eigenvalue weighted by atomic mass is 28.3. The maximum absolute atomic E-state index is 11.1. The highest BCUT2D eigenvalue weighted by molar-refractivity contribution is 6.76. The molecular weight excluding hydrogens is 599 g/mol. The van der Waals surface area contributed by atoms with E-state index in [9.17, 15) is 10.2 Å². The van der Waals surface area contributed by atoms with Crippen molar-refractivity contribution < 1.29 is 29.2 Å². The second kappa shape index (κ2) is 18.3. The molecule has 1 unspecified atom stereocenters. The van der Waals surface area contributed by atoms with Gasteiger partial charge in [0.15, 0.2) is 6.79 Å². The molecule has 45 heavy (non-hydrogen) atoms. The number of phenolic OH excluding ortho intramolecular Hbond substituents is 1. The summed E-state index contributed by atoms with van der Waals surface area (Å²) in [6, 6.07) is 15.5. The van der Waals surface area contributed by atoms with Crippen LogP contribution >= 0.6 is 0 Å². The van der Waals surface area contributed by atoms with Gasteiger partial charge in [0.1, 0.15) is 23.9 Å². The van der Waals surface area contributed by atoms with Crippen LogP contribution in [0.4, 0.5) is 0 Å². The third-order valence-corrected chi connectivity index (χ3v) is 11.8. The van der Waals surface area contributed by atoms with Crippen LogP contribution in [0, 0.1) is 0 Å². The Morgan fingerprint density at radius 3 is 2.02 bits per heavy atom. The average Bonchev–Trinajstić information content (AvgIpc) is 2.98. The van der Waals surface area contributed by atoms with Gasteiger partial charge in [0, 0.05) is 53.5 Å². The van der Waals surface area contributed by atoms with Crippen molar-refractivity contribution >= 4 is 21.7 Å². The number of rotatable bonds is 19. The number of likely N-dealkylation sites (tertiary alicyclic amines) is 1. The summed E-state index contributed by atoms with van der Waals surface area (Å²) in [5, 5.41) is 21.7. The summed E-state index contributed by atoms with van der Waals surface area (Å²) in [7, 11) is -2.42. The third-order valence-electron chi connectivity index (χ3n) is 8.42. The second-order valence-corrected chi connectivity index (χ2v) is 26.0. The molecule has 1 fully saturated rings. The van der Waals surface area contributed by atoms with E-state index in [1.807, 2.05) is 43.3 Å². The molecule has 0 aromatic heterocycles. The SMILES string of the molecule is CC(=C(COCC[Si](C)(C)C)C(CO)c1ccc(OCCN2CCCCC2)cc1)c1ccc(OCOCC[Si](C)(C)C)cc1O. The van der Waals surface area contributed by atoms with Crippen LogP contribution in [0.25, 0.3) is 5.57 Å². The number of allylic oxidation sites excluding steroid dienone is 1. The molecule has 1 heterocycles. The number of hydrogen-bond donors (Lipinski definition) is 2. The van der Waals surface area contributed by atoms with E-state index in [4.69, 9.17) is 18.9 Å².